The quantitative estimate of drug-likeness (QED) is 0.107. The van der Waals surface area contributed by atoms with Gasteiger partial charge in [-0.05, 0) is 65.3 Å². The average Bonchev–Trinajstić information content (AvgIpc) is 4.01. The number of hydrogen-bond donors (Lipinski definition) is 0. The minimum absolute atomic E-state index is 0. The third kappa shape index (κ3) is 9.41. The van der Waals surface area contributed by atoms with E-state index in [1.165, 1.54) is 43.5 Å². The van der Waals surface area contributed by atoms with Gasteiger partial charge in [-0.1, -0.05) is 105 Å². The number of fused-ring (bicyclic) bond motifs is 6. The zero-order chi connectivity index (χ0) is 52.3. The number of pyridine rings is 2. The average molecular weight is 1180 g/mol. The molecule has 11 rings (SSSR count). The molecule has 4 aromatic heterocycles. The maximum atomic E-state index is 7.56. The zero-order valence-electron chi connectivity index (χ0n) is 45.8. The second kappa shape index (κ2) is 20.2. The number of benzene rings is 7. The van der Waals surface area contributed by atoms with E-state index in [-0.39, 0.29) is 37.4 Å². The van der Waals surface area contributed by atoms with Crippen molar-refractivity contribution in [1.82, 2.24) is 19.5 Å². The van der Waals surface area contributed by atoms with Crippen LogP contribution in [0.25, 0.3) is 83.3 Å². The van der Waals surface area contributed by atoms with Gasteiger partial charge in [-0.2, -0.15) is 0 Å². The SMILES string of the molecule is Cc1nc2ccccc2c2nc(-c3[c-]ccc4c3oc3ccccc34)n(-c3c(C(C)C)cc(-c4ccccc4)cc3C(C)C)c12.[2H]C([2H])([2H])c1c[c-]c(-c2cc(C(C)(C)c3ccccc3)[c]([Ge]([CH3])([CH3])[CH3])cn2)cc1.[Ir]. The summed E-state index contributed by atoms with van der Waals surface area (Å²) in [4.78, 5) is 15.3. The monoisotopic (exact) mass is 1180 g/mol. The number of furan rings is 1. The van der Waals surface area contributed by atoms with Gasteiger partial charge < -0.3 is 8.98 Å². The van der Waals surface area contributed by atoms with Crippen molar-refractivity contribution in [2.75, 3.05) is 0 Å². The summed E-state index contributed by atoms with van der Waals surface area (Å²) in [5.74, 6) is 8.49. The van der Waals surface area contributed by atoms with Gasteiger partial charge in [-0.3, -0.25) is 9.97 Å². The smallest absolute Gasteiger partial charge is 0 e. The molecule has 0 aliphatic carbocycles. The third-order valence-electron chi connectivity index (χ3n) is 13.9. The Labute approximate surface area is 445 Å². The summed E-state index contributed by atoms with van der Waals surface area (Å²) in [6.07, 6.45) is 2.04. The maximum Gasteiger partial charge on any atom is 0 e. The molecular formula is C65H62GeIrN4O-2. The topological polar surface area (TPSA) is 56.7 Å². The van der Waals surface area contributed by atoms with Crippen LogP contribution in [0, 0.1) is 25.9 Å². The number of para-hydroxylation sites is 2. The molecule has 0 aliphatic heterocycles. The van der Waals surface area contributed by atoms with E-state index in [1.807, 2.05) is 42.6 Å². The van der Waals surface area contributed by atoms with Crippen molar-refractivity contribution in [3.63, 3.8) is 0 Å². The van der Waals surface area contributed by atoms with Crippen LogP contribution in [-0.4, -0.2) is 32.8 Å². The Bertz CT molecular complexity index is 3830. The van der Waals surface area contributed by atoms with Crippen molar-refractivity contribution in [2.45, 2.75) is 89.8 Å². The number of rotatable bonds is 9. The third-order valence-corrected chi connectivity index (χ3v) is 18.2. The van der Waals surface area contributed by atoms with Crippen LogP contribution in [0.2, 0.25) is 17.3 Å². The van der Waals surface area contributed by atoms with Crippen molar-refractivity contribution in [3.8, 4) is 39.5 Å². The van der Waals surface area contributed by atoms with E-state index in [2.05, 4.69) is 192 Å². The molecule has 0 atom stereocenters. The number of aryl methyl sites for hydroxylation is 2. The molecule has 363 valence electrons. The molecule has 7 aromatic carbocycles. The second-order valence-electron chi connectivity index (χ2n) is 20.9. The normalized spacial score (nSPS) is 12.8. The Kier molecular flexibility index (Phi) is 13.1. The van der Waals surface area contributed by atoms with Crippen molar-refractivity contribution >= 4 is 61.5 Å². The van der Waals surface area contributed by atoms with Crippen LogP contribution in [0.5, 0.6) is 0 Å². The summed E-state index contributed by atoms with van der Waals surface area (Å²) in [5, 5.41) is 3.19. The fourth-order valence-electron chi connectivity index (χ4n) is 10.1. The van der Waals surface area contributed by atoms with Crippen molar-refractivity contribution in [1.29, 1.82) is 0 Å². The zero-order valence-corrected chi connectivity index (χ0v) is 47.3. The predicted molar refractivity (Wildman–Crippen MR) is 301 cm³/mol. The number of aromatic nitrogens is 4. The predicted octanol–water partition coefficient (Wildman–Crippen LogP) is 16.9. The molecule has 4 heterocycles. The summed E-state index contributed by atoms with van der Waals surface area (Å²) >= 11 is -2.18. The van der Waals surface area contributed by atoms with Crippen LogP contribution in [0.15, 0.2) is 168 Å². The summed E-state index contributed by atoms with van der Waals surface area (Å²) in [5.41, 5.74) is 16.8. The minimum atomic E-state index is -2.18. The summed E-state index contributed by atoms with van der Waals surface area (Å²) in [6.45, 7) is 13.6. The van der Waals surface area contributed by atoms with E-state index in [4.69, 9.17) is 23.5 Å². The molecule has 0 saturated carbocycles. The minimum Gasteiger partial charge on any atom is 0 e. The van der Waals surface area contributed by atoms with Crippen molar-refractivity contribution < 1.29 is 28.6 Å². The van der Waals surface area contributed by atoms with E-state index in [1.54, 1.807) is 12.1 Å². The van der Waals surface area contributed by atoms with E-state index >= 15 is 0 Å². The first-order valence-corrected chi connectivity index (χ1v) is 32.1. The number of nitrogens with zero attached hydrogens (tertiary/aromatic N) is 4. The molecule has 0 spiro atoms. The molecule has 11 aromatic rings. The molecule has 0 fully saturated rings. The van der Waals surface area contributed by atoms with Crippen LogP contribution >= 0.6 is 0 Å². The van der Waals surface area contributed by atoms with Gasteiger partial charge in [0.1, 0.15) is 5.58 Å². The molecule has 0 amide bonds. The van der Waals surface area contributed by atoms with E-state index < -0.39 is 20.1 Å². The van der Waals surface area contributed by atoms with Crippen LogP contribution in [0.3, 0.4) is 0 Å². The molecule has 7 heteroatoms. The van der Waals surface area contributed by atoms with Crippen LogP contribution in [0.4, 0.5) is 0 Å². The summed E-state index contributed by atoms with van der Waals surface area (Å²) in [6, 6.07) is 60.5. The number of imidazole rings is 1. The largest absolute Gasteiger partial charge is 0 e. The Morgan fingerprint density at radius 2 is 1.35 bits per heavy atom. The molecule has 0 unspecified atom stereocenters. The van der Waals surface area contributed by atoms with Gasteiger partial charge in [0.2, 0.25) is 0 Å². The first-order chi connectivity index (χ1) is 35.3. The van der Waals surface area contributed by atoms with E-state index in [0.717, 1.165) is 72.2 Å². The second-order valence-corrected chi connectivity index (χ2v) is 31.5. The maximum absolute atomic E-state index is 7.56. The van der Waals surface area contributed by atoms with E-state index in [9.17, 15) is 0 Å². The van der Waals surface area contributed by atoms with Gasteiger partial charge in [-0.15, -0.1) is 18.2 Å². The Morgan fingerprint density at radius 3 is 2.00 bits per heavy atom. The fourth-order valence-corrected chi connectivity index (χ4v) is 13.6. The summed E-state index contributed by atoms with van der Waals surface area (Å²) in [7, 11) is 0. The summed E-state index contributed by atoms with van der Waals surface area (Å²) < 4.78 is 33.0. The van der Waals surface area contributed by atoms with Gasteiger partial charge in [0.05, 0.1) is 33.7 Å². The van der Waals surface area contributed by atoms with Crippen molar-refractivity contribution in [2.24, 2.45) is 0 Å². The Hall–Kier alpha value is -6.44. The van der Waals surface area contributed by atoms with Gasteiger partial charge in [0.15, 0.2) is 0 Å². The van der Waals surface area contributed by atoms with Gasteiger partial charge in [0.25, 0.3) is 0 Å². The van der Waals surface area contributed by atoms with Crippen LogP contribution in [-0.2, 0) is 25.5 Å². The molecular weight excluding hydrogens is 1120 g/mol. The number of hydrogen-bond acceptors (Lipinski definition) is 4. The molecule has 0 aliphatic rings. The molecule has 0 saturated heterocycles. The van der Waals surface area contributed by atoms with E-state index in [0.29, 0.717) is 5.56 Å². The first-order valence-electron chi connectivity index (χ1n) is 26.2. The first kappa shape index (κ1) is 46.6. The van der Waals surface area contributed by atoms with Crippen LogP contribution in [0.1, 0.15) is 91.0 Å². The standard InChI is InChI=1S/C41H34N3O.C24H28GeN.Ir/c1-24(2)33-22-28(27-14-7-6-8-15-27)23-34(25(3)4)39(33)44-38-26(5)42-35-20-11-9-17-31(35)37(38)43-41(44)32-19-13-18-30-29-16-10-12-21-36(29)45-40(30)32;1-18-12-14-19(15-13-18)23-16-21(22(17-26-23)25(4,5)6)24(2,3)20-10-8-7-9-11-20;/h6-18,20-25H,1-5H3;7-14,16-17H,1-6H3;/q2*-1;/i;1D3;. The molecule has 5 nitrogen and oxygen atoms in total. The Balaban J connectivity index is 0.000000200. The molecule has 72 heavy (non-hydrogen) atoms. The molecule has 1 radical (unpaired) electrons. The van der Waals surface area contributed by atoms with Gasteiger partial charge >= 0.3 is 165 Å². The van der Waals surface area contributed by atoms with Crippen molar-refractivity contribution in [3.05, 3.63) is 210 Å². The fraction of sp³-hybridized carbons (Fsp3) is 0.215. The van der Waals surface area contributed by atoms with Gasteiger partial charge in [0, 0.05) is 36.6 Å². The van der Waals surface area contributed by atoms with Crippen LogP contribution < -0.4 is 4.40 Å². The molecule has 0 bridgehead atoms. The van der Waals surface area contributed by atoms with Gasteiger partial charge in [-0.25, -0.2) is 0 Å². The molecule has 0 N–H and O–H groups in total. The Morgan fingerprint density at radius 1 is 0.694 bits per heavy atom.